The second-order valence-electron chi connectivity index (χ2n) is 6.07. The maximum atomic E-state index is 11.9. The van der Waals surface area contributed by atoms with E-state index in [1.165, 1.54) is 20.8 Å². The molecule has 0 fully saturated rings. The Morgan fingerprint density at radius 2 is 1.39 bits per heavy atom. The molecular weight excluding hydrogens is 228 g/mol. The minimum absolute atomic E-state index is 0.0146. The summed E-state index contributed by atoms with van der Waals surface area (Å²) in [7, 11) is 0. The summed E-state index contributed by atoms with van der Waals surface area (Å²) in [4.78, 5) is 34.7. The Balaban J connectivity index is 5.18. The summed E-state index contributed by atoms with van der Waals surface area (Å²) < 4.78 is 0. The molecule has 0 aliphatic heterocycles. The zero-order chi connectivity index (χ0) is 14.7. The van der Waals surface area contributed by atoms with Crippen LogP contribution in [0.5, 0.6) is 0 Å². The van der Waals surface area contributed by atoms with E-state index >= 15 is 0 Å². The molecule has 3 nitrogen and oxygen atoms in total. The molecule has 0 aliphatic rings. The van der Waals surface area contributed by atoms with Crippen molar-refractivity contribution in [3.05, 3.63) is 12.2 Å². The Morgan fingerprint density at radius 1 is 0.944 bits per heavy atom. The molecule has 0 radical (unpaired) electrons. The van der Waals surface area contributed by atoms with Crippen LogP contribution >= 0.6 is 0 Å². The Morgan fingerprint density at radius 3 is 1.67 bits per heavy atom. The Bertz CT molecular complexity index is 391. The highest BCUT2D eigenvalue weighted by atomic mass is 16.1. The third-order valence-electron chi connectivity index (χ3n) is 3.74. The lowest BCUT2D eigenvalue weighted by Gasteiger charge is -2.34. The summed E-state index contributed by atoms with van der Waals surface area (Å²) in [5.74, 6) is -0.0780. The third-order valence-corrected chi connectivity index (χ3v) is 3.74. The maximum Gasteiger partial charge on any atom is 0.155 e. The van der Waals surface area contributed by atoms with E-state index in [4.69, 9.17) is 0 Å². The molecule has 102 valence electrons. The van der Waals surface area contributed by atoms with Crippen LogP contribution in [0.3, 0.4) is 0 Å². The van der Waals surface area contributed by atoms with Gasteiger partial charge < -0.3 is 0 Å². The van der Waals surface area contributed by atoms with Gasteiger partial charge in [-0.1, -0.05) is 27.4 Å². The van der Waals surface area contributed by atoms with Crippen molar-refractivity contribution in [3.63, 3.8) is 0 Å². The molecule has 0 rings (SSSR count). The highest BCUT2D eigenvalue weighted by Gasteiger charge is 2.39. The van der Waals surface area contributed by atoms with Gasteiger partial charge in [-0.05, 0) is 39.2 Å². The zero-order valence-corrected chi connectivity index (χ0v) is 12.3. The monoisotopic (exact) mass is 252 g/mol. The van der Waals surface area contributed by atoms with Crippen LogP contribution in [-0.4, -0.2) is 17.3 Å². The van der Waals surface area contributed by atoms with Crippen molar-refractivity contribution in [1.82, 2.24) is 0 Å². The van der Waals surface area contributed by atoms with Crippen molar-refractivity contribution < 1.29 is 14.4 Å². The molecule has 0 bridgehead atoms. The fourth-order valence-electron chi connectivity index (χ4n) is 2.01. The normalized spacial score (nSPS) is 14.8. The van der Waals surface area contributed by atoms with E-state index in [1.54, 1.807) is 6.92 Å². The standard InChI is InChI=1S/C15H24O3/c1-10(11(2)16)8-15(7,13(4)18)9-14(5,6)12(3)17/h1,8-9H2,2-7H3. The van der Waals surface area contributed by atoms with Crippen LogP contribution in [0.15, 0.2) is 12.2 Å². The second-order valence-corrected chi connectivity index (χ2v) is 6.07. The van der Waals surface area contributed by atoms with E-state index in [1.807, 2.05) is 13.8 Å². The summed E-state index contributed by atoms with van der Waals surface area (Å²) >= 11 is 0. The van der Waals surface area contributed by atoms with Gasteiger partial charge in [-0.2, -0.15) is 0 Å². The molecule has 3 heteroatoms. The molecular formula is C15H24O3. The van der Waals surface area contributed by atoms with E-state index in [9.17, 15) is 14.4 Å². The van der Waals surface area contributed by atoms with Gasteiger partial charge in [0, 0.05) is 10.8 Å². The van der Waals surface area contributed by atoms with Crippen LogP contribution in [0.4, 0.5) is 0 Å². The van der Waals surface area contributed by atoms with E-state index < -0.39 is 10.8 Å². The molecule has 0 aliphatic carbocycles. The van der Waals surface area contributed by atoms with Gasteiger partial charge in [0.2, 0.25) is 0 Å². The zero-order valence-electron chi connectivity index (χ0n) is 12.3. The highest BCUT2D eigenvalue weighted by Crippen LogP contribution is 2.39. The van der Waals surface area contributed by atoms with E-state index in [2.05, 4.69) is 6.58 Å². The average Bonchev–Trinajstić information content (AvgIpc) is 2.15. The molecule has 0 heterocycles. The van der Waals surface area contributed by atoms with Crippen molar-refractivity contribution in [3.8, 4) is 0 Å². The number of allylic oxidation sites excluding steroid dienone is 1. The van der Waals surface area contributed by atoms with Gasteiger partial charge in [-0.3, -0.25) is 14.4 Å². The number of rotatable bonds is 7. The number of ketones is 3. The van der Waals surface area contributed by atoms with Crippen molar-refractivity contribution in [2.24, 2.45) is 10.8 Å². The first-order valence-corrected chi connectivity index (χ1v) is 6.13. The number of Topliss-reactive ketones (excluding diaryl/α,β-unsaturated/α-hetero) is 3. The Labute approximate surface area is 110 Å². The number of hydrogen-bond acceptors (Lipinski definition) is 3. The van der Waals surface area contributed by atoms with Crippen LogP contribution in [0, 0.1) is 10.8 Å². The fourth-order valence-corrected chi connectivity index (χ4v) is 2.01. The summed E-state index contributed by atoms with van der Waals surface area (Å²) in [5.41, 5.74) is -0.845. The highest BCUT2D eigenvalue weighted by molar-refractivity contribution is 5.94. The van der Waals surface area contributed by atoms with Crippen molar-refractivity contribution in [1.29, 1.82) is 0 Å². The van der Waals surface area contributed by atoms with Gasteiger partial charge in [0.25, 0.3) is 0 Å². The van der Waals surface area contributed by atoms with Crippen LogP contribution in [0.25, 0.3) is 0 Å². The first-order valence-electron chi connectivity index (χ1n) is 6.13. The minimum Gasteiger partial charge on any atom is -0.299 e. The van der Waals surface area contributed by atoms with Gasteiger partial charge in [0.1, 0.15) is 11.6 Å². The third kappa shape index (κ3) is 4.21. The van der Waals surface area contributed by atoms with Gasteiger partial charge in [0.15, 0.2) is 5.78 Å². The maximum absolute atomic E-state index is 11.9. The number of carbonyl (C=O) groups is 3. The van der Waals surface area contributed by atoms with E-state index in [-0.39, 0.29) is 17.3 Å². The van der Waals surface area contributed by atoms with Crippen LogP contribution < -0.4 is 0 Å². The molecule has 0 saturated heterocycles. The van der Waals surface area contributed by atoms with Gasteiger partial charge >= 0.3 is 0 Å². The quantitative estimate of drug-likeness (QED) is 0.654. The summed E-state index contributed by atoms with van der Waals surface area (Å²) in [6, 6.07) is 0. The van der Waals surface area contributed by atoms with Crippen molar-refractivity contribution in [2.45, 2.75) is 54.4 Å². The second kappa shape index (κ2) is 5.59. The molecule has 0 amide bonds. The van der Waals surface area contributed by atoms with Crippen LogP contribution in [-0.2, 0) is 14.4 Å². The average molecular weight is 252 g/mol. The first-order chi connectivity index (χ1) is 7.92. The lowest BCUT2D eigenvalue weighted by atomic mass is 9.67. The molecule has 0 N–H and O–H groups in total. The molecule has 0 spiro atoms. The predicted molar refractivity (Wildman–Crippen MR) is 72.3 cm³/mol. The fraction of sp³-hybridized carbons (Fsp3) is 0.667. The lowest BCUT2D eigenvalue weighted by Crippen LogP contribution is -2.36. The van der Waals surface area contributed by atoms with Gasteiger partial charge in [0.05, 0.1) is 0 Å². The molecule has 0 saturated carbocycles. The van der Waals surface area contributed by atoms with Gasteiger partial charge in [-0.15, -0.1) is 0 Å². The van der Waals surface area contributed by atoms with Crippen LogP contribution in [0.2, 0.25) is 0 Å². The molecule has 1 unspecified atom stereocenters. The largest absolute Gasteiger partial charge is 0.299 e. The minimum atomic E-state index is -0.710. The number of carbonyl (C=O) groups excluding carboxylic acids is 3. The number of hydrogen-bond donors (Lipinski definition) is 0. The van der Waals surface area contributed by atoms with E-state index in [0.29, 0.717) is 18.4 Å². The molecule has 0 aromatic rings. The van der Waals surface area contributed by atoms with Crippen molar-refractivity contribution >= 4 is 17.3 Å². The van der Waals surface area contributed by atoms with Crippen molar-refractivity contribution in [2.75, 3.05) is 0 Å². The summed E-state index contributed by atoms with van der Waals surface area (Å²) in [5, 5.41) is 0. The first kappa shape index (κ1) is 16.8. The molecule has 0 aromatic carbocycles. The summed E-state index contributed by atoms with van der Waals surface area (Å²) in [6.07, 6.45) is 0.741. The molecule has 1 atom stereocenters. The Hall–Kier alpha value is -1.25. The smallest absolute Gasteiger partial charge is 0.155 e. The Kier molecular flexibility index (Phi) is 5.21. The predicted octanol–water partition coefficient (Wildman–Crippen LogP) is 3.12. The SMILES string of the molecule is C=C(CC(C)(CC(C)(C)C(C)=O)C(C)=O)C(C)=O. The lowest BCUT2D eigenvalue weighted by molar-refractivity contribution is -0.131. The van der Waals surface area contributed by atoms with E-state index in [0.717, 1.165) is 0 Å². The van der Waals surface area contributed by atoms with Crippen LogP contribution in [0.1, 0.15) is 54.4 Å². The topological polar surface area (TPSA) is 51.2 Å². The molecule has 0 aromatic heterocycles. The summed E-state index contributed by atoms with van der Waals surface area (Å²) in [6.45, 7) is 13.6. The molecule has 18 heavy (non-hydrogen) atoms. The van der Waals surface area contributed by atoms with Gasteiger partial charge in [-0.25, -0.2) is 0 Å².